The number of aliphatic carboxylic acids is 1. The van der Waals surface area contributed by atoms with Crippen LogP contribution in [-0.2, 0) is 4.79 Å². The molecule has 0 aromatic carbocycles. The first-order chi connectivity index (χ1) is 5.93. The molecule has 0 bridgehead atoms. The highest BCUT2D eigenvalue weighted by atomic mass is 19.1. The Morgan fingerprint density at radius 1 is 1.54 bits per heavy atom. The number of nitrogens with one attached hydrogen (secondary N) is 2. The summed E-state index contributed by atoms with van der Waals surface area (Å²) in [6.45, 7) is 1.08. The van der Waals surface area contributed by atoms with Crippen molar-refractivity contribution in [1.82, 2.24) is 9.97 Å². The van der Waals surface area contributed by atoms with E-state index in [1.165, 1.54) is 0 Å². The zero-order valence-electron chi connectivity index (χ0n) is 6.63. The Bertz CT molecular complexity index is 390. The lowest BCUT2D eigenvalue weighted by Gasteiger charge is -1.81. The Balaban J connectivity index is 0.000000310. The fraction of sp³-hybridized carbons (Fsp3) is 0.167. The average Bonchev–Trinajstić information content (AvgIpc) is 1.96. The van der Waals surface area contributed by atoms with Crippen LogP contribution in [0.1, 0.15) is 6.92 Å². The first-order valence-electron chi connectivity index (χ1n) is 3.10. The Morgan fingerprint density at radius 3 is 2.31 bits per heavy atom. The van der Waals surface area contributed by atoms with Crippen LogP contribution < -0.4 is 11.2 Å². The second-order valence-corrected chi connectivity index (χ2v) is 1.94. The van der Waals surface area contributed by atoms with E-state index in [0.29, 0.717) is 6.20 Å². The molecule has 1 rings (SSSR count). The monoisotopic (exact) mass is 190 g/mol. The summed E-state index contributed by atoms with van der Waals surface area (Å²) in [4.78, 5) is 33.0. The van der Waals surface area contributed by atoms with Gasteiger partial charge in [-0.05, 0) is 0 Å². The molecule has 13 heavy (non-hydrogen) atoms. The molecule has 0 amide bonds. The largest absolute Gasteiger partial charge is 0.481 e. The van der Waals surface area contributed by atoms with Gasteiger partial charge >= 0.3 is 5.69 Å². The van der Waals surface area contributed by atoms with Gasteiger partial charge in [0.2, 0.25) is 5.82 Å². The van der Waals surface area contributed by atoms with Crippen molar-refractivity contribution in [3.8, 4) is 0 Å². The maximum absolute atomic E-state index is 12.0. The third kappa shape index (κ3) is 5.36. The molecular weight excluding hydrogens is 183 g/mol. The summed E-state index contributed by atoms with van der Waals surface area (Å²) < 4.78 is 12.0. The summed E-state index contributed by atoms with van der Waals surface area (Å²) in [6.07, 6.45) is 0.709. The molecule has 1 aromatic rings. The van der Waals surface area contributed by atoms with Crippen LogP contribution in [0.15, 0.2) is 15.8 Å². The highest BCUT2D eigenvalue weighted by molar-refractivity contribution is 5.62. The van der Waals surface area contributed by atoms with Crippen molar-refractivity contribution >= 4 is 5.97 Å². The van der Waals surface area contributed by atoms with Gasteiger partial charge in [0.25, 0.3) is 11.5 Å². The molecule has 1 heterocycles. The van der Waals surface area contributed by atoms with Crippen molar-refractivity contribution in [3.63, 3.8) is 0 Å². The number of carboxylic acid groups (broad SMARTS) is 1. The predicted octanol–water partition coefficient (Wildman–Crippen LogP) is -0.707. The lowest BCUT2D eigenvalue weighted by Crippen LogP contribution is -2.23. The molecule has 72 valence electrons. The number of H-pyrrole nitrogens is 2. The number of hydrogen-bond acceptors (Lipinski definition) is 3. The van der Waals surface area contributed by atoms with E-state index in [2.05, 4.69) is 0 Å². The van der Waals surface area contributed by atoms with Gasteiger partial charge in [0.1, 0.15) is 0 Å². The van der Waals surface area contributed by atoms with Crippen molar-refractivity contribution < 1.29 is 14.3 Å². The Hall–Kier alpha value is -1.92. The van der Waals surface area contributed by atoms with Crippen molar-refractivity contribution in [3.05, 3.63) is 32.9 Å². The fourth-order valence-corrected chi connectivity index (χ4v) is 0.393. The van der Waals surface area contributed by atoms with Gasteiger partial charge in [-0.1, -0.05) is 0 Å². The summed E-state index contributed by atoms with van der Waals surface area (Å²) in [7, 11) is 0. The van der Waals surface area contributed by atoms with E-state index in [0.717, 1.165) is 6.92 Å². The zero-order valence-corrected chi connectivity index (χ0v) is 6.63. The minimum atomic E-state index is -1.00. The first-order valence-corrected chi connectivity index (χ1v) is 3.10. The highest BCUT2D eigenvalue weighted by Crippen LogP contribution is 1.74. The minimum Gasteiger partial charge on any atom is -0.481 e. The molecule has 0 saturated heterocycles. The van der Waals surface area contributed by atoms with Crippen LogP contribution in [0.4, 0.5) is 4.39 Å². The maximum Gasteiger partial charge on any atom is 0.325 e. The van der Waals surface area contributed by atoms with E-state index in [1.807, 2.05) is 4.98 Å². The highest BCUT2D eigenvalue weighted by Gasteiger charge is 1.93. The zero-order chi connectivity index (χ0) is 10.4. The normalized spacial score (nSPS) is 8.46. The Kier molecular flexibility index (Phi) is 4.14. The molecular formula is C6H7FN2O4. The second-order valence-electron chi connectivity index (χ2n) is 1.94. The van der Waals surface area contributed by atoms with Gasteiger partial charge in [0, 0.05) is 13.1 Å². The molecule has 0 aliphatic heterocycles. The summed E-state index contributed by atoms with van der Waals surface area (Å²) in [5.41, 5.74) is -1.71. The van der Waals surface area contributed by atoms with Gasteiger partial charge in [-0.3, -0.25) is 14.6 Å². The van der Waals surface area contributed by atoms with Gasteiger partial charge in [-0.25, -0.2) is 4.79 Å². The van der Waals surface area contributed by atoms with E-state index in [-0.39, 0.29) is 0 Å². The SMILES string of the molecule is CC(=O)O.O=c1[nH]cc(F)c(=O)[nH]1. The van der Waals surface area contributed by atoms with Gasteiger partial charge in [-0.15, -0.1) is 0 Å². The van der Waals surface area contributed by atoms with Crippen molar-refractivity contribution in [2.45, 2.75) is 6.92 Å². The number of carbonyl (C=O) groups is 1. The maximum atomic E-state index is 12.0. The number of rotatable bonds is 0. The molecule has 6 nitrogen and oxygen atoms in total. The molecule has 0 aliphatic carbocycles. The van der Waals surface area contributed by atoms with Crippen LogP contribution in [0, 0.1) is 5.82 Å². The standard InChI is InChI=1S/C4H3FN2O2.C2H4O2/c5-2-1-6-4(9)7-3(2)8;1-2(3)4/h1H,(H2,6,7,8,9);1H3,(H,3,4). The third-order valence-electron chi connectivity index (χ3n) is 0.774. The predicted molar refractivity (Wildman–Crippen MR) is 41.0 cm³/mol. The fourth-order valence-electron chi connectivity index (χ4n) is 0.393. The number of aromatic nitrogens is 2. The van der Waals surface area contributed by atoms with Gasteiger partial charge in [-0.2, -0.15) is 4.39 Å². The lowest BCUT2D eigenvalue weighted by molar-refractivity contribution is -0.134. The quantitative estimate of drug-likeness (QED) is 0.502. The number of halogens is 1. The summed E-state index contributed by atoms with van der Waals surface area (Å²) >= 11 is 0. The topological polar surface area (TPSA) is 103 Å². The number of hydrogen-bond donors (Lipinski definition) is 3. The van der Waals surface area contributed by atoms with E-state index >= 15 is 0 Å². The van der Waals surface area contributed by atoms with Gasteiger partial charge < -0.3 is 10.1 Å². The van der Waals surface area contributed by atoms with Crippen LogP contribution in [0.2, 0.25) is 0 Å². The van der Waals surface area contributed by atoms with Crippen LogP contribution in [0.25, 0.3) is 0 Å². The molecule has 3 N–H and O–H groups in total. The molecule has 1 aromatic heterocycles. The third-order valence-corrected chi connectivity index (χ3v) is 0.774. The van der Waals surface area contributed by atoms with Gasteiger partial charge in [0.05, 0.1) is 0 Å². The van der Waals surface area contributed by atoms with Crippen LogP contribution in [-0.4, -0.2) is 21.0 Å². The molecule has 0 saturated carbocycles. The summed E-state index contributed by atoms with van der Waals surface area (Å²) in [5, 5.41) is 7.42. The number of aromatic amines is 2. The minimum absolute atomic E-state index is 0.707. The van der Waals surface area contributed by atoms with Crippen LogP contribution >= 0.6 is 0 Å². The van der Waals surface area contributed by atoms with Crippen LogP contribution in [0.5, 0.6) is 0 Å². The first kappa shape index (κ1) is 11.1. The van der Waals surface area contributed by atoms with Crippen molar-refractivity contribution in [1.29, 1.82) is 0 Å². The molecule has 0 atom stereocenters. The Morgan fingerprint density at radius 2 is 2.00 bits per heavy atom. The van der Waals surface area contributed by atoms with E-state index < -0.39 is 23.0 Å². The van der Waals surface area contributed by atoms with E-state index in [4.69, 9.17) is 9.90 Å². The molecule has 7 heteroatoms. The van der Waals surface area contributed by atoms with Crippen LogP contribution in [0.3, 0.4) is 0 Å². The van der Waals surface area contributed by atoms with Crippen molar-refractivity contribution in [2.75, 3.05) is 0 Å². The van der Waals surface area contributed by atoms with Gasteiger partial charge in [0.15, 0.2) is 0 Å². The Labute approximate surface area is 71.1 Å². The molecule has 0 radical (unpaired) electrons. The lowest BCUT2D eigenvalue weighted by atomic mass is 10.6. The second kappa shape index (κ2) is 4.86. The number of carboxylic acids is 1. The van der Waals surface area contributed by atoms with E-state index in [1.54, 1.807) is 4.98 Å². The molecule has 0 unspecified atom stereocenters. The molecule has 0 aliphatic rings. The smallest absolute Gasteiger partial charge is 0.325 e. The van der Waals surface area contributed by atoms with Crippen molar-refractivity contribution in [2.24, 2.45) is 0 Å². The summed E-state index contributed by atoms with van der Waals surface area (Å²) in [5.74, 6) is -1.82. The average molecular weight is 190 g/mol. The molecule has 0 spiro atoms. The summed E-state index contributed by atoms with van der Waals surface area (Å²) in [6, 6.07) is 0. The van der Waals surface area contributed by atoms with E-state index in [9.17, 15) is 14.0 Å². The molecule has 0 fully saturated rings.